The molecule has 0 aromatic heterocycles. The minimum absolute atomic E-state index is 0.802. The third-order valence-electron chi connectivity index (χ3n) is 1.66. The molecule has 0 saturated carbocycles. The van der Waals surface area contributed by atoms with Gasteiger partial charge < -0.3 is 0 Å². The van der Waals surface area contributed by atoms with Gasteiger partial charge in [0.25, 0.3) is 0 Å². The normalized spacial score (nSPS) is 9.58. The molecule has 0 atom stereocenters. The smallest absolute Gasteiger partial charge is 0.0406 e. The number of hydrogen-bond acceptors (Lipinski definition) is 0. The molecular formula is C11H13Cl. The first-order chi connectivity index (χ1) is 5.68. The van der Waals surface area contributed by atoms with Crippen molar-refractivity contribution in [3.05, 3.63) is 46.5 Å². The lowest BCUT2D eigenvalue weighted by molar-refractivity contribution is 1.21. The van der Waals surface area contributed by atoms with Crippen molar-refractivity contribution in [1.29, 1.82) is 0 Å². The molecule has 1 heteroatoms. The highest BCUT2D eigenvalue weighted by molar-refractivity contribution is 6.30. The quantitative estimate of drug-likeness (QED) is 0.607. The third-order valence-corrected chi connectivity index (χ3v) is 1.91. The molecule has 0 radical (unpaired) electrons. The van der Waals surface area contributed by atoms with Crippen molar-refractivity contribution in [3.63, 3.8) is 0 Å². The molecular weight excluding hydrogens is 168 g/mol. The number of halogens is 1. The second kappa shape index (κ2) is 4.32. The molecule has 0 fully saturated rings. The van der Waals surface area contributed by atoms with Gasteiger partial charge in [-0.05, 0) is 38.0 Å². The van der Waals surface area contributed by atoms with E-state index in [1.165, 1.54) is 11.1 Å². The van der Waals surface area contributed by atoms with E-state index in [2.05, 4.69) is 32.1 Å². The summed E-state index contributed by atoms with van der Waals surface area (Å²) in [5.74, 6) is 0. The molecule has 0 aliphatic rings. The Bertz CT molecular complexity index is 266. The first kappa shape index (κ1) is 9.34. The average molecular weight is 181 g/mol. The summed E-state index contributed by atoms with van der Waals surface area (Å²) in [5, 5.41) is 0.802. The van der Waals surface area contributed by atoms with E-state index >= 15 is 0 Å². The first-order valence-corrected chi connectivity index (χ1v) is 4.44. The molecule has 12 heavy (non-hydrogen) atoms. The minimum Gasteiger partial charge on any atom is -0.0843 e. The molecule has 0 amide bonds. The van der Waals surface area contributed by atoms with Crippen LogP contribution in [0.15, 0.2) is 35.9 Å². The van der Waals surface area contributed by atoms with E-state index in [0.717, 1.165) is 11.4 Å². The molecule has 0 heterocycles. The van der Waals surface area contributed by atoms with Crippen molar-refractivity contribution in [3.8, 4) is 0 Å². The Balaban J connectivity index is 2.65. The fraction of sp³-hybridized carbons (Fsp3) is 0.273. The van der Waals surface area contributed by atoms with Crippen LogP contribution in [0.1, 0.15) is 19.4 Å². The number of benzene rings is 1. The predicted molar refractivity (Wildman–Crippen MR) is 54.6 cm³/mol. The molecule has 64 valence electrons. The topological polar surface area (TPSA) is 0 Å². The van der Waals surface area contributed by atoms with Gasteiger partial charge in [0.2, 0.25) is 0 Å². The molecule has 1 aromatic rings. The summed E-state index contributed by atoms with van der Waals surface area (Å²) < 4.78 is 0. The average Bonchev–Trinajstić information content (AvgIpc) is 2.03. The molecule has 0 N–H and O–H groups in total. The van der Waals surface area contributed by atoms with E-state index in [1.54, 1.807) is 0 Å². The van der Waals surface area contributed by atoms with Crippen molar-refractivity contribution >= 4 is 11.6 Å². The SMILES string of the molecule is CC(C)=CCc1ccc(Cl)cc1. The standard InChI is InChI=1S/C11H13Cl/c1-9(2)3-4-10-5-7-11(12)8-6-10/h3,5-8H,4H2,1-2H3. The lowest BCUT2D eigenvalue weighted by Crippen LogP contribution is -1.80. The summed E-state index contributed by atoms with van der Waals surface area (Å²) >= 11 is 5.76. The fourth-order valence-electron chi connectivity index (χ4n) is 0.942. The van der Waals surface area contributed by atoms with E-state index in [1.807, 2.05) is 12.1 Å². The minimum atomic E-state index is 0.802. The van der Waals surface area contributed by atoms with Gasteiger partial charge in [0.05, 0.1) is 0 Å². The van der Waals surface area contributed by atoms with Gasteiger partial charge in [-0.3, -0.25) is 0 Å². The second-order valence-corrected chi connectivity index (χ2v) is 3.55. The van der Waals surface area contributed by atoms with Gasteiger partial charge in [-0.2, -0.15) is 0 Å². The van der Waals surface area contributed by atoms with Crippen molar-refractivity contribution < 1.29 is 0 Å². The maximum atomic E-state index is 5.76. The zero-order chi connectivity index (χ0) is 8.97. The highest BCUT2D eigenvalue weighted by atomic mass is 35.5. The van der Waals surface area contributed by atoms with Crippen LogP contribution in [0.5, 0.6) is 0 Å². The lowest BCUT2D eigenvalue weighted by atomic mass is 10.1. The Hall–Kier alpha value is -0.750. The van der Waals surface area contributed by atoms with Crippen LogP contribution in [-0.4, -0.2) is 0 Å². The van der Waals surface area contributed by atoms with E-state index in [4.69, 9.17) is 11.6 Å². The summed E-state index contributed by atoms with van der Waals surface area (Å²) in [5.41, 5.74) is 2.66. The largest absolute Gasteiger partial charge is 0.0843 e. The number of hydrogen-bond donors (Lipinski definition) is 0. The Labute approximate surface area is 78.9 Å². The molecule has 1 aromatic carbocycles. The van der Waals surface area contributed by atoms with Crippen LogP contribution in [0.25, 0.3) is 0 Å². The molecule has 0 spiro atoms. The zero-order valence-electron chi connectivity index (χ0n) is 7.47. The first-order valence-electron chi connectivity index (χ1n) is 4.06. The van der Waals surface area contributed by atoms with E-state index in [0.29, 0.717) is 0 Å². The van der Waals surface area contributed by atoms with Crippen LogP contribution < -0.4 is 0 Å². The Morgan fingerprint density at radius 2 is 1.83 bits per heavy atom. The second-order valence-electron chi connectivity index (χ2n) is 3.11. The maximum Gasteiger partial charge on any atom is 0.0406 e. The number of allylic oxidation sites excluding steroid dienone is 2. The van der Waals surface area contributed by atoms with Crippen LogP contribution in [0, 0.1) is 0 Å². The number of rotatable bonds is 2. The monoisotopic (exact) mass is 180 g/mol. The van der Waals surface area contributed by atoms with Gasteiger partial charge >= 0.3 is 0 Å². The van der Waals surface area contributed by atoms with Crippen LogP contribution >= 0.6 is 11.6 Å². The summed E-state index contributed by atoms with van der Waals surface area (Å²) in [7, 11) is 0. The Morgan fingerprint density at radius 3 is 2.33 bits per heavy atom. The van der Waals surface area contributed by atoms with E-state index in [9.17, 15) is 0 Å². The highest BCUT2D eigenvalue weighted by Gasteiger charge is 1.89. The van der Waals surface area contributed by atoms with Crippen molar-refractivity contribution in [2.45, 2.75) is 20.3 Å². The van der Waals surface area contributed by atoms with Gasteiger partial charge in [0.15, 0.2) is 0 Å². The summed E-state index contributed by atoms with van der Waals surface area (Å²) in [6, 6.07) is 7.97. The zero-order valence-corrected chi connectivity index (χ0v) is 8.23. The Morgan fingerprint density at radius 1 is 1.25 bits per heavy atom. The van der Waals surface area contributed by atoms with Gasteiger partial charge in [0.1, 0.15) is 0 Å². The summed E-state index contributed by atoms with van der Waals surface area (Å²) in [4.78, 5) is 0. The van der Waals surface area contributed by atoms with Crippen molar-refractivity contribution in [1.82, 2.24) is 0 Å². The van der Waals surface area contributed by atoms with Crippen molar-refractivity contribution in [2.24, 2.45) is 0 Å². The summed E-state index contributed by atoms with van der Waals surface area (Å²) in [6.07, 6.45) is 3.21. The van der Waals surface area contributed by atoms with Gasteiger partial charge in [-0.25, -0.2) is 0 Å². The fourth-order valence-corrected chi connectivity index (χ4v) is 1.07. The molecule has 0 aliphatic heterocycles. The van der Waals surface area contributed by atoms with Gasteiger partial charge in [-0.15, -0.1) is 0 Å². The van der Waals surface area contributed by atoms with Gasteiger partial charge in [0, 0.05) is 5.02 Å². The lowest BCUT2D eigenvalue weighted by Gasteiger charge is -1.96. The molecule has 0 bridgehead atoms. The van der Waals surface area contributed by atoms with Crippen LogP contribution in [0.4, 0.5) is 0 Å². The summed E-state index contributed by atoms with van der Waals surface area (Å²) in [6.45, 7) is 4.21. The van der Waals surface area contributed by atoms with Crippen LogP contribution in [-0.2, 0) is 6.42 Å². The molecule has 0 saturated heterocycles. The maximum absolute atomic E-state index is 5.76. The molecule has 0 unspecified atom stereocenters. The van der Waals surface area contributed by atoms with Crippen molar-refractivity contribution in [2.75, 3.05) is 0 Å². The Kier molecular flexibility index (Phi) is 3.36. The third kappa shape index (κ3) is 3.10. The molecule has 0 aliphatic carbocycles. The van der Waals surface area contributed by atoms with Crippen LogP contribution in [0.3, 0.4) is 0 Å². The molecule has 0 nitrogen and oxygen atoms in total. The van der Waals surface area contributed by atoms with Gasteiger partial charge in [-0.1, -0.05) is 35.4 Å². The van der Waals surface area contributed by atoms with E-state index < -0.39 is 0 Å². The molecule has 1 rings (SSSR count). The predicted octanol–water partition coefficient (Wildman–Crippen LogP) is 3.85. The van der Waals surface area contributed by atoms with Crippen LogP contribution in [0.2, 0.25) is 5.02 Å². The van der Waals surface area contributed by atoms with E-state index in [-0.39, 0.29) is 0 Å². The highest BCUT2D eigenvalue weighted by Crippen LogP contribution is 2.10.